The van der Waals surface area contributed by atoms with E-state index < -0.39 is 5.97 Å². The van der Waals surface area contributed by atoms with Gasteiger partial charge in [-0.15, -0.1) is 0 Å². The van der Waals surface area contributed by atoms with Crippen LogP contribution in [-0.2, 0) is 16.1 Å². The number of allylic oxidation sites excluding steroid dienone is 1. The van der Waals surface area contributed by atoms with Gasteiger partial charge in [-0.1, -0.05) is 67.8 Å². The maximum atomic E-state index is 11.6. The molecule has 1 aromatic rings. The van der Waals surface area contributed by atoms with Gasteiger partial charge < -0.3 is 4.74 Å². The normalized spacial score (nSPS) is 11.3. The van der Waals surface area contributed by atoms with Gasteiger partial charge in [0.2, 0.25) is 0 Å². The lowest BCUT2D eigenvalue weighted by atomic mass is 10.2. The van der Waals surface area contributed by atoms with E-state index in [9.17, 15) is 4.79 Å². The molecule has 0 saturated carbocycles. The van der Waals surface area contributed by atoms with Gasteiger partial charge in [-0.25, -0.2) is 4.79 Å². The Morgan fingerprint density at radius 3 is 2.67 bits per heavy atom. The van der Waals surface area contributed by atoms with Crippen molar-refractivity contribution < 1.29 is 9.53 Å². The molecule has 1 aromatic carbocycles. The Morgan fingerprint density at radius 2 is 2.00 bits per heavy atom. The average Bonchev–Trinajstić information content (AvgIpc) is 2.42. The third-order valence-corrected chi connectivity index (χ3v) is 2.85. The Kier molecular flexibility index (Phi) is 7.19. The molecule has 0 spiro atoms. The molecule has 0 fully saturated rings. The molecule has 0 aliphatic rings. The van der Waals surface area contributed by atoms with E-state index in [1.165, 1.54) is 0 Å². The summed E-state index contributed by atoms with van der Waals surface area (Å²) in [5, 5.41) is 0.182. The van der Waals surface area contributed by atoms with Crippen LogP contribution in [0.4, 0.5) is 0 Å². The van der Waals surface area contributed by atoms with Gasteiger partial charge in [-0.3, -0.25) is 0 Å². The third-order valence-electron chi connectivity index (χ3n) is 2.54. The van der Waals surface area contributed by atoms with Crippen LogP contribution in [0.5, 0.6) is 0 Å². The Balaban J connectivity index is 2.31. The predicted octanol–water partition coefficient (Wildman–Crippen LogP) is 4.43. The molecule has 0 radical (unpaired) electrons. The number of esters is 1. The van der Waals surface area contributed by atoms with Crippen LogP contribution < -0.4 is 0 Å². The summed E-state index contributed by atoms with van der Waals surface area (Å²) in [5.41, 5.74) is 0.960. The highest BCUT2D eigenvalue weighted by molar-refractivity contribution is 6.41. The van der Waals surface area contributed by atoms with E-state index in [1.54, 1.807) is 6.08 Å². The number of hydrogen-bond donors (Lipinski definition) is 0. The number of halogens is 1. The van der Waals surface area contributed by atoms with Crippen molar-refractivity contribution in [2.45, 2.75) is 39.2 Å². The lowest BCUT2D eigenvalue weighted by molar-refractivity contribution is -0.139. The first-order chi connectivity index (χ1) is 8.74. The lowest BCUT2D eigenvalue weighted by Crippen LogP contribution is -2.04. The van der Waals surface area contributed by atoms with Gasteiger partial charge in [0, 0.05) is 0 Å². The van der Waals surface area contributed by atoms with Gasteiger partial charge in [-0.2, -0.15) is 0 Å². The molecule has 0 unspecified atom stereocenters. The molecule has 0 amide bonds. The van der Waals surface area contributed by atoms with Crippen molar-refractivity contribution in [1.82, 2.24) is 0 Å². The average molecular weight is 267 g/mol. The molecule has 0 N–H and O–H groups in total. The predicted molar refractivity (Wildman–Crippen MR) is 74.3 cm³/mol. The lowest BCUT2D eigenvalue weighted by Gasteiger charge is -2.03. The Hall–Kier alpha value is -1.28. The molecule has 0 atom stereocenters. The van der Waals surface area contributed by atoms with Gasteiger partial charge in [-0.05, 0) is 18.4 Å². The van der Waals surface area contributed by atoms with Gasteiger partial charge >= 0.3 is 5.97 Å². The zero-order chi connectivity index (χ0) is 13.2. The van der Waals surface area contributed by atoms with Crippen LogP contribution in [-0.4, -0.2) is 5.97 Å². The molecule has 2 nitrogen and oxygen atoms in total. The molecule has 1 rings (SSSR count). The van der Waals surface area contributed by atoms with Crippen LogP contribution >= 0.6 is 11.6 Å². The number of hydrogen-bond acceptors (Lipinski definition) is 2. The van der Waals surface area contributed by atoms with Gasteiger partial charge in [0.1, 0.15) is 11.6 Å². The highest BCUT2D eigenvalue weighted by Crippen LogP contribution is 2.10. The number of carbonyl (C=O) groups is 1. The maximum Gasteiger partial charge on any atom is 0.349 e. The molecule has 0 aliphatic carbocycles. The van der Waals surface area contributed by atoms with Crippen molar-refractivity contribution >= 4 is 17.6 Å². The minimum Gasteiger partial charge on any atom is -0.457 e. The summed E-state index contributed by atoms with van der Waals surface area (Å²) in [6.45, 7) is 2.40. The fourth-order valence-electron chi connectivity index (χ4n) is 1.50. The summed E-state index contributed by atoms with van der Waals surface area (Å²) in [7, 11) is 0. The van der Waals surface area contributed by atoms with E-state index in [2.05, 4.69) is 6.92 Å². The van der Waals surface area contributed by atoms with Crippen LogP contribution in [0, 0.1) is 0 Å². The fraction of sp³-hybridized carbons (Fsp3) is 0.400. The monoisotopic (exact) mass is 266 g/mol. The van der Waals surface area contributed by atoms with E-state index in [4.69, 9.17) is 16.3 Å². The third kappa shape index (κ3) is 5.87. The first kappa shape index (κ1) is 14.8. The molecular formula is C15H19ClO2. The highest BCUT2D eigenvalue weighted by Gasteiger charge is 2.07. The summed E-state index contributed by atoms with van der Waals surface area (Å²) in [6, 6.07) is 9.56. The van der Waals surface area contributed by atoms with Crippen molar-refractivity contribution in [2.24, 2.45) is 0 Å². The second-order valence-corrected chi connectivity index (χ2v) is 4.52. The van der Waals surface area contributed by atoms with Gasteiger partial charge in [0.15, 0.2) is 0 Å². The second kappa shape index (κ2) is 8.76. The van der Waals surface area contributed by atoms with E-state index in [0.717, 1.165) is 31.2 Å². The standard InChI is InChI=1S/C15H19ClO2/c1-2-3-4-8-11-14(16)15(17)18-12-13-9-6-5-7-10-13/h5-7,9-11H,2-4,8,12H2,1H3/b14-11-. The van der Waals surface area contributed by atoms with E-state index in [0.29, 0.717) is 0 Å². The molecule has 3 heteroatoms. The summed E-state index contributed by atoms with van der Waals surface area (Å²) in [6.07, 6.45) is 5.93. The number of rotatable bonds is 7. The quantitative estimate of drug-likeness (QED) is 0.414. The minimum absolute atomic E-state index is 0.182. The molecular weight excluding hydrogens is 248 g/mol. The molecule has 0 saturated heterocycles. The molecule has 18 heavy (non-hydrogen) atoms. The van der Waals surface area contributed by atoms with Gasteiger partial charge in [0.05, 0.1) is 0 Å². The van der Waals surface area contributed by atoms with E-state index in [1.807, 2.05) is 30.3 Å². The van der Waals surface area contributed by atoms with Crippen molar-refractivity contribution in [3.05, 3.63) is 47.0 Å². The highest BCUT2D eigenvalue weighted by atomic mass is 35.5. The smallest absolute Gasteiger partial charge is 0.349 e. The van der Waals surface area contributed by atoms with Crippen LogP contribution in [0.15, 0.2) is 41.4 Å². The first-order valence-corrected chi connectivity index (χ1v) is 6.68. The number of carbonyl (C=O) groups excluding carboxylic acids is 1. The number of ether oxygens (including phenoxy) is 1. The van der Waals surface area contributed by atoms with Gasteiger partial charge in [0.25, 0.3) is 0 Å². The van der Waals surface area contributed by atoms with Crippen molar-refractivity contribution in [2.75, 3.05) is 0 Å². The second-order valence-electron chi connectivity index (χ2n) is 4.11. The van der Waals surface area contributed by atoms with Crippen LogP contribution in [0.25, 0.3) is 0 Å². The summed E-state index contributed by atoms with van der Waals surface area (Å²) < 4.78 is 5.11. The van der Waals surface area contributed by atoms with Crippen LogP contribution in [0.3, 0.4) is 0 Å². The minimum atomic E-state index is -0.447. The van der Waals surface area contributed by atoms with Crippen molar-refractivity contribution in [3.8, 4) is 0 Å². The molecule has 0 aliphatic heterocycles. The Bertz CT molecular complexity index is 385. The largest absolute Gasteiger partial charge is 0.457 e. The van der Waals surface area contributed by atoms with E-state index >= 15 is 0 Å². The molecule has 0 heterocycles. The van der Waals surface area contributed by atoms with Crippen molar-refractivity contribution in [1.29, 1.82) is 0 Å². The van der Waals surface area contributed by atoms with E-state index in [-0.39, 0.29) is 11.6 Å². The zero-order valence-electron chi connectivity index (χ0n) is 10.7. The number of unbranched alkanes of at least 4 members (excludes halogenated alkanes) is 3. The van der Waals surface area contributed by atoms with Crippen LogP contribution in [0.1, 0.15) is 38.2 Å². The van der Waals surface area contributed by atoms with Crippen molar-refractivity contribution in [3.63, 3.8) is 0 Å². The number of benzene rings is 1. The topological polar surface area (TPSA) is 26.3 Å². The molecule has 0 aromatic heterocycles. The maximum absolute atomic E-state index is 11.6. The Morgan fingerprint density at radius 1 is 1.28 bits per heavy atom. The summed E-state index contributed by atoms with van der Waals surface area (Å²) in [5.74, 6) is -0.447. The first-order valence-electron chi connectivity index (χ1n) is 6.30. The Labute approximate surface area is 114 Å². The van der Waals surface area contributed by atoms with Crippen LogP contribution in [0.2, 0.25) is 0 Å². The molecule has 0 bridgehead atoms. The zero-order valence-corrected chi connectivity index (χ0v) is 11.5. The molecule has 98 valence electrons. The summed E-state index contributed by atoms with van der Waals surface area (Å²) in [4.78, 5) is 11.6. The summed E-state index contributed by atoms with van der Waals surface area (Å²) >= 11 is 5.86. The SMILES string of the molecule is CCCCC/C=C(\Cl)C(=O)OCc1ccccc1. The fourth-order valence-corrected chi connectivity index (χ4v) is 1.66.